The molecule has 140 valence electrons. The van der Waals surface area contributed by atoms with Gasteiger partial charge < -0.3 is 10.1 Å². The highest BCUT2D eigenvalue weighted by Crippen LogP contribution is 2.26. The molecule has 0 aliphatic rings. The van der Waals surface area contributed by atoms with Gasteiger partial charge in [0, 0.05) is 5.69 Å². The van der Waals surface area contributed by atoms with Gasteiger partial charge in [-0.3, -0.25) is 4.72 Å². The molecule has 3 aromatic rings. The van der Waals surface area contributed by atoms with Crippen molar-refractivity contribution in [3.05, 3.63) is 71.9 Å². The van der Waals surface area contributed by atoms with Crippen molar-refractivity contribution in [3.63, 3.8) is 0 Å². The molecule has 2 N–H and O–H groups in total. The Morgan fingerprint density at radius 2 is 1.56 bits per heavy atom. The van der Waals surface area contributed by atoms with E-state index in [0.717, 1.165) is 16.9 Å². The summed E-state index contributed by atoms with van der Waals surface area (Å²) in [7, 11) is -2.38. The Balaban J connectivity index is 1.77. The number of ether oxygens (including phenoxy) is 1. The average Bonchev–Trinajstić information content (AvgIpc) is 2.65. The van der Waals surface area contributed by atoms with E-state index in [1.54, 1.807) is 36.5 Å². The minimum absolute atomic E-state index is 0.0775. The van der Waals surface area contributed by atoms with E-state index in [2.05, 4.69) is 15.0 Å². The van der Waals surface area contributed by atoms with Gasteiger partial charge in [0.2, 0.25) is 0 Å². The molecule has 0 fully saturated rings. The summed E-state index contributed by atoms with van der Waals surface area (Å²) >= 11 is 0. The lowest BCUT2D eigenvalue weighted by Crippen LogP contribution is -2.15. The fourth-order valence-corrected chi connectivity index (χ4v) is 3.78. The number of hydrogen-bond donors (Lipinski definition) is 2. The molecule has 27 heavy (non-hydrogen) atoms. The number of rotatable bonds is 6. The van der Waals surface area contributed by atoms with Crippen molar-refractivity contribution in [1.29, 1.82) is 0 Å². The van der Waals surface area contributed by atoms with E-state index in [1.807, 2.05) is 38.1 Å². The summed E-state index contributed by atoms with van der Waals surface area (Å²) in [6.07, 6.45) is 1.57. The van der Waals surface area contributed by atoms with Crippen molar-refractivity contribution >= 4 is 27.2 Å². The monoisotopic (exact) mass is 383 g/mol. The molecule has 0 aliphatic heterocycles. The van der Waals surface area contributed by atoms with Gasteiger partial charge in [-0.15, -0.1) is 0 Å². The van der Waals surface area contributed by atoms with Gasteiger partial charge in [0.1, 0.15) is 16.5 Å². The van der Waals surface area contributed by atoms with Crippen LogP contribution in [0.1, 0.15) is 11.1 Å². The lowest BCUT2D eigenvalue weighted by Gasteiger charge is -2.12. The molecule has 0 amide bonds. The molecule has 1 heterocycles. The molecular weight excluding hydrogens is 362 g/mol. The molecular formula is C20H21N3O3S. The zero-order valence-corrected chi connectivity index (χ0v) is 16.2. The van der Waals surface area contributed by atoms with Crippen molar-refractivity contribution in [3.8, 4) is 5.75 Å². The third-order valence-electron chi connectivity index (χ3n) is 3.95. The van der Waals surface area contributed by atoms with E-state index in [1.165, 1.54) is 12.7 Å². The SMILES string of the molecule is COc1ccc(C)cc1S(=O)(=O)Nc1ccc(Nc2ccc(C)cc2)cn1. The normalized spacial score (nSPS) is 11.1. The predicted octanol–water partition coefficient (Wildman–Crippen LogP) is 4.25. The Bertz CT molecular complexity index is 1030. The maximum absolute atomic E-state index is 12.7. The summed E-state index contributed by atoms with van der Waals surface area (Å²) in [5.74, 6) is 0.513. The number of benzene rings is 2. The Hall–Kier alpha value is -3.06. The van der Waals surface area contributed by atoms with Crippen LogP contribution < -0.4 is 14.8 Å². The molecule has 0 spiro atoms. The first-order valence-electron chi connectivity index (χ1n) is 8.34. The molecule has 7 heteroatoms. The van der Waals surface area contributed by atoms with Crippen molar-refractivity contribution in [2.45, 2.75) is 18.7 Å². The highest BCUT2D eigenvalue weighted by atomic mass is 32.2. The van der Waals surface area contributed by atoms with Gasteiger partial charge in [0.25, 0.3) is 10.0 Å². The molecule has 0 aliphatic carbocycles. The van der Waals surface area contributed by atoms with Crippen molar-refractivity contribution < 1.29 is 13.2 Å². The van der Waals surface area contributed by atoms with Gasteiger partial charge in [0.05, 0.1) is 19.0 Å². The summed E-state index contributed by atoms with van der Waals surface area (Å²) in [6.45, 7) is 3.84. The number of hydrogen-bond acceptors (Lipinski definition) is 5. The number of anilines is 3. The summed E-state index contributed by atoms with van der Waals surface area (Å²) in [4.78, 5) is 4.26. The largest absolute Gasteiger partial charge is 0.495 e. The molecule has 6 nitrogen and oxygen atoms in total. The topological polar surface area (TPSA) is 80.3 Å². The zero-order valence-electron chi connectivity index (χ0n) is 15.4. The standard InChI is InChI=1S/C20H21N3O3S/c1-14-4-7-16(8-5-14)22-17-9-11-20(21-13-17)23-27(24,25)19-12-15(2)6-10-18(19)26-3/h4-13,22H,1-3H3,(H,21,23). The van der Waals surface area contributed by atoms with Crippen LogP contribution in [0.4, 0.5) is 17.2 Å². The van der Waals surface area contributed by atoms with Gasteiger partial charge in [-0.2, -0.15) is 0 Å². The van der Waals surface area contributed by atoms with Crippen LogP contribution in [0.2, 0.25) is 0 Å². The number of pyridine rings is 1. The van der Waals surface area contributed by atoms with Crippen LogP contribution in [0, 0.1) is 13.8 Å². The molecule has 1 aromatic heterocycles. The number of aryl methyl sites for hydroxylation is 2. The van der Waals surface area contributed by atoms with E-state index in [9.17, 15) is 8.42 Å². The second-order valence-corrected chi connectivity index (χ2v) is 7.83. The lowest BCUT2D eigenvalue weighted by atomic mass is 10.2. The van der Waals surface area contributed by atoms with Crippen LogP contribution in [-0.2, 0) is 10.0 Å². The highest BCUT2D eigenvalue weighted by molar-refractivity contribution is 7.92. The number of nitrogens with zero attached hydrogens (tertiary/aromatic N) is 1. The highest BCUT2D eigenvalue weighted by Gasteiger charge is 2.20. The first kappa shape index (κ1) is 18.7. The summed E-state index contributed by atoms with van der Waals surface area (Å²) in [6, 6.07) is 16.3. The lowest BCUT2D eigenvalue weighted by molar-refractivity contribution is 0.402. The summed E-state index contributed by atoms with van der Waals surface area (Å²) < 4.78 is 33.0. The van der Waals surface area contributed by atoms with Crippen LogP contribution in [0.5, 0.6) is 5.75 Å². The van der Waals surface area contributed by atoms with E-state index < -0.39 is 10.0 Å². The molecule has 3 rings (SSSR count). The van der Waals surface area contributed by atoms with E-state index in [4.69, 9.17) is 4.74 Å². The maximum atomic E-state index is 12.7. The molecule has 0 saturated heterocycles. The molecule has 0 radical (unpaired) electrons. The van der Waals surface area contributed by atoms with Crippen molar-refractivity contribution in [2.75, 3.05) is 17.1 Å². The van der Waals surface area contributed by atoms with Gasteiger partial charge in [-0.1, -0.05) is 23.8 Å². The van der Waals surface area contributed by atoms with Crippen molar-refractivity contribution in [1.82, 2.24) is 4.98 Å². The zero-order chi connectivity index (χ0) is 19.4. The average molecular weight is 383 g/mol. The number of methoxy groups -OCH3 is 1. The Morgan fingerprint density at radius 3 is 2.19 bits per heavy atom. The van der Waals surface area contributed by atoms with E-state index >= 15 is 0 Å². The van der Waals surface area contributed by atoms with Crippen LogP contribution in [0.3, 0.4) is 0 Å². The third kappa shape index (κ3) is 4.57. The Labute approximate surface area is 159 Å². The van der Waals surface area contributed by atoms with Gasteiger partial charge in [-0.25, -0.2) is 13.4 Å². The van der Waals surface area contributed by atoms with Gasteiger partial charge in [-0.05, 0) is 55.8 Å². The Morgan fingerprint density at radius 1 is 0.889 bits per heavy atom. The summed E-state index contributed by atoms with van der Waals surface area (Å²) in [5, 5.41) is 3.22. The minimum Gasteiger partial charge on any atom is -0.495 e. The van der Waals surface area contributed by atoms with E-state index in [-0.39, 0.29) is 16.5 Å². The molecule has 0 bridgehead atoms. The van der Waals surface area contributed by atoms with Crippen LogP contribution in [0.25, 0.3) is 0 Å². The third-order valence-corrected chi connectivity index (χ3v) is 5.33. The number of sulfonamides is 1. The first-order chi connectivity index (χ1) is 12.9. The molecule has 2 aromatic carbocycles. The fraction of sp³-hybridized carbons (Fsp3) is 0.150. The van der Waals surface area contributed by atoms with Crippen LogP contribution in [0.15, 0.2) is 65.7 Å². The summed E-state index contributed by atoms with van der Waals surface area (Å²) in [5.41, 5.74) is 3.69. The first-order valence-corrected chi connectivity index (χ1v) is 9.83. The predicted molar refractivity (Wildman–Crippen MR) is 107 cm³/mol. The molecule has 0 unspecified atom stereocenters. The van der Waals surface area contributed by atoms with Gasteiger partial charge in [0.15, 0.2) is 0 Å². The quantitative estimate of drug-likeness (QED) is 0.665. The minimum atomic E-state index is -3.81. The number of aromatic nitrogens is 1. The number of nitrogens with one attached hydrogen (secondary N) is 2. The Kier molecular flexibility index (Phi) is 5.32. The maximum Gasteiger partial charge on any atom is 0.266 e. The van der Waals surface area contributed by atoms with Crippen LogP contribution in [-0.4, -0.2) is 20.5 Å². The van der Waals surface area contributed by atoms with Crippen LogP contribution >= 0.6 is 0 Å². The smallest absolute Gasteiger partial charge is 0.266 e. The molecule has 0 saturated carbocycles. The molecule has 0 atom stereocenters. The van der Waals surface area contributed by atoms with E-state index in [0.29, 0.717) is 0 Å². The van der Waals surface area contributed by atoms with Gasteiger partial charge >= 0.3 is 0 Å². The van der Waals surface area contributed by atoms with Crippen molar-refractivity contribution in [2.24, 2.45) is 0 Å². The second kappa shape index (κ2) is 7.67. The fourth-order valence-electron chi connectivity index (χ4n) is 2.52. The second-order valence-electron chi connectivity index (χ2n) is 6.18.